The van der Waals surface area contributed by atoms with Crippen LogP contribution < -0.4 is 10.2 Å². The van der Waals surface area contributed by atoms with Gasteiger partial charge in [-0.3, -0.25) is 10.1 Å². The van der Waals surface area contributed by atoms with Gasteiger partial charge in [0.2, 0.25) is 0 Å². The van der Waals surface area contributed by atoms with Gasteiger partial charge in [0.25, 0.3) is 5.69 Å². The van der Waals surface area contributed by atoms with Crippen LogP contribution in [0.4, 0.5) is 16.2 Å². The number of fused-ring (bicyclic) bond motifs is 1. The van der Waals surface area contributed by atoms with Gasteiger partial charge in [-0.2, -0.15) is 0 Å². The molecule has 9 heteroatoms. The van der Waals surface area contributed by atoms with Crippen molar-refractivity contribution in [2.75, 3.05) is 11.5 Å². The summed E-state index contributed by atoms with van der Waals surface area (Å²) in [6.45, 7) is 9.52. The molecule has 1 N–H and O–H groups in total. The van der Waals surface area contributed by atoms with Gasteiger partial charge in [0, 0.05) is 24.4 Å². The van der Waals surface area contributed by atoms with Crippen molar-refractivity contribution in [2.24, 2.45) is 5.92 Å². The average molecular weight is 484 g/mol. The Morgan fingerprint density at radius 3 is 2.46 bits per heavy atom. The number of ether oxygens (including phenoxy) is 2. The number of rotatable bonds is 8. The molecule has 1 aliphatic rings. The third-order valence-corrected chi connectivity index (χ3v) is 5.69. The summed E-state index contributed by atoms with van der Waals surface area (Å²) in [5.41, 5.74) is 2.13. The highest BCUT2D eigenvalue weighted by molar-refractivity contribution is 5.81. The van der Waals surface area contributed by atoms with Gasteiger partial charge in [0.05, 0.1) is 11.0 Å². The first-order chi connectivity index (χ1) is 16.4. The summed E-state index contributed by atoms with van der Waals surface area (Å²) in [7, 11) is 0. The molecule has 0 radical (unpaired) electrons. The molecule has 1 heterocycles. The van der Waals surface area contributed by atoms with Crippen LogP contribution in [-0.2, 0) is 27.2 Å². The lowest BCUT2D eigenvalue weighted by atomic mass is 10.0. The van der Waals surface area contributed by atoms with E-state index in [0.717, 1.165) is 16.8 Å². The van der Waals surface area contributed by atoms with Gasteiger partial charge in [0.15, 0.2) is 0 Å². The molecule has 2 aromatic carbocycles. The Bertz CT molecular complexity index is 1060. The molecule has 3 rings (SSSR count). The second-order valence-electron chi connectivity index (χ2n) is 10.0. The van der Waals surface area contributed by atoms with Crippen LogP contribution in [0.1, 0.15) is 45.7 Å². The van der Waals surface area contributed by atoms with Gasteiger partial charge in [-0.1, -0.05) is 44.2 Å². The zero-order chi connectivity index (χ0) is 25.8. The van der Waals surface area contributed by atoms with Crippen LogP contribution >= 0.6 is 0 Å². The van der Waals surface area contributed by atoms with Gasteiger partial charge in [0.1, 0.15) is 18.2 Å². The van der Waals surface area contributed by atoms with Crippen molar-refractivity contribution in [2.45, 2.75) is 65.3 Å². The van der Waals surface area contributed by atoms with E-state index in [1.54, 1.807) is 32.9 Å². The number of hydrogen-bond acceptors (Lipinski definition) is 7. The monoisotopic (exact) mass is 483 g/mol. The Labute approximate surface area is 205 Å². The minimum Gasteiger partial charge on any atom is -0.462 e. The van der Waals surface area contributed by atoms with Crippen LogP contribution in [0.2, 0.25) is 0 Å². The topological polar surface area (TPSA) is 111 Å². The lowest BCUT2D eigenvalue weighted by Crippen LogP contribution is -2.48. The van der Waals surface area contributed by atoms with Crippen LogP contribution in [0.5, 0.6) is 0 Å². The number of anilines is 1. The number of alkyl carbamates (subject to hydrolysis) is 1. The van der Waals surface area contributed by atoms with Gasteiger partial charge in [-0.05, 0) is 50.3 Å². The maximum absolute atomic E-state index is 12.9. The van der Waals surface area contributed by atoms with Crippen LogP contribution in [0.25, 0.3) is 0 Å². The van der Waals surface area contributed by atoms with Crippen molar-refractivity contribution < 1.29 is 24.0 Å². The normalized spacial score (nSPS) is 15.9. The first-order valence-electron chi connectivity index (χ1n) is 11.7. The maximum Gasteiger partial charge on any atom is 0.408 e. The molecule has 9 nitrogen and oxygen atoms in total. The maximum atomic E-state index is 12.9. The Balaban J connectivity index is 1.74. The molecule has 0 unspecified atom stereocenters. The van der Waals surface area contributed by atoms with E-state index in [1.165, 1.54) is 6.07 Å². The van der Waals surface area contributed by atoms with E-state index in [1.807, 2.05) is 44.2 Å². The number of carbonyl (C=O) groups is 2. The van der Waals surface area contributed by atoms with E-state index < -0.39 is 28.6 Å². The molecule has 1 aliphatic heterocycles. The van der Waals surface area contributed by atoms with Crippen LogP contribution in [-0.4, -0.2) is 41.3 Å². The van der Waals surface area contributed by atoms with E-state index in [4.69, 9.17) is 9.47 Å². The third kappa shape index (κ3) is 6.94. The molecule has 0 saturated heterocycles. The average Bonchev–Trinajstić information content (AvgIpc) is 3.11. The Morgan fingerprint density at radius 1 is 1.17 bits per heavy atom. The molecule has 35 heavy (non-hydrogen) atoms. The smallest absolute Gasteiger partial charge is 0.408 e. The molecular weight excluding hydrogens is 450 g/mol. The highest BCUT2D eigenvalue weighted by Gasteiger charge is 2.34. The summed E-state index contributed by atoms with van der Waals surface area (Å²) in [5.74, 6) is -0.758. The minimum absolute atomic E-state index is 0.0301. The first-order valence-corrected chi connectivity index (χ1v) is 11.7. The second kappa shape index (κ2) is 10.8. The van der Waals surface area contributed by atoms with Crippen molar-refractivity contribution in [3.63, 3.8) is 0 Å². The van der Waals surface area contributed by atoms with Crippen LogP contribution in [0.3, 0.4) is 0 Å². The lowest BCUT2D eigenvalue weighted by Gasteiger charge is -2.29. The van der Waals surface area contributed by atoms with Gasteiger partial charge in [-0.15, -0.1) is 0 Å². The number of amides is 1. The summed E-state index contributed by atoms with van der Waals surface area (Å²) < 4.78 is 11.0. The molecule has 0 aromatic heterocycles. The molecule has 0 bridgehead atoms. The predicted molar refractivity (Wildman–Crippen MR) is 132 cm³/mol. The zero-order valence-corrected chi connectivity index (χ0v) is 20.8. The summed E-state index contributed by atoms with van der Waals surface area (Å²) in [6.07, 6.45) is -0.178. The quantitative estimate of drug-likeness (QED) is 0.331. The molecule has 0 fully saturated rings. The molecule has 1 amide bonds. The van der Waals surface area contributed by atoms with Gasteiger partial charge < -0.3 is 19.7 Å². The van der Waals surface area contributed by atoms with E-state index in [9.17, 15) is 19.7 Å². The minimum atomic E-state index is -0.864. The van der Waals surface area contributed by atoms with Crippen molar-refractivity contribution >= 4 is 23.4 Å². The fourth-order valence-corrected chi connectivity index (χ4v) is 4.03. The number of nitrogens with one attached hydrogen (secondary N) is 1. The van der Waals surface area contributed by atoms with Crippen molar-refractivity contribution in [3.8, 4) is 0 Å². The molecule has 2 aromatic rings. The lowest BCUT2D eigenvalue weighted by molar-refractivity contribution is -0.384. The summed E-state index contributed by atoms with van der Waals surface area (Å²) in [4.78, 5) is 38.1. The third-order valence-electron chi connectivity index (χ3n) is 5.69. The van der Waals surface area contributed by atoms with E-state index in [2.05, 4.69) is 10.2 Å². The number of nitro benzene ring substituents is 1. The highest BCUT2D eigenvalue weighted by Crippen LogP contribution is 2.36. The molecule has 0 spiro atoms. The number of hydrogen-bond donors (Lipinski definition) is 1. The predicted octanol–water partition coefficient (Wildman–Crippen LogP) is 4.62. The fraction of sp³-hybridized carbons (Fsp3) is 0.462. The number of benzene rings is 2. The largest absolute Gasteiger partial charge is 0.462 e. The molecule has 2 atom stereocenters. The van der Waals surface area contributed by atoms with Gasteiger partial charge >= 0.3 is 12.1 Å². The van der Waals surface area contributed by atoms with Crippen molar-refractivity contribution in [1.29, 1.82) is 0 Å². The van der Waals surface area contributed by atoms with E-state index >= 15 is 0 Å². The molecule has 0 saturated carbocycles. The van der Waals surface area contributed by atoms with Crippen LogP contribution in [0.15, 0.2) is 48.5 Å². The molecular formula is C26H33N3O6. The zero-order valence-electron chi connectivity index (χ0n) is 20.8. The Morgan fingerprint density at radius 2 is 1.86 bits per heavy atom. The number of non-ortho nitro benzene ring substituents is 1. The summed E-state index contributed by atoms with van der Waals surface area (Å²) in [6, 6.07) is 13.6. The second-order valence-corrected chi connectivity index (χ2v) is 10.0. The SMILES string of the molecule is CC(C)[C@H](NC(=O)OC(C)(C)C)C(=O)OC[C@@H]1Cc2cc([N+](=O)[O-])ccc2N1Cc1ccccc1. The summed E-state index contributed by atoms with van der Waals surface area (Å²) in [5, 5.41) is 13.9. The Hall–Kier alpha value is -3.62. The van der Waals surface area contributed by atoms with E-state index in [0.29, 0.717) is 13.0 Å². The standard InChI is InChI=1S/C26H33N3O6/c1-17(2)23(27-25(31)35-26(3,4)5)24(30)34-16-21-14-19-13-20(29(32)33)11-12-22(19)28(21)15-18-9-7-6-8-10-18/h6-13,17,21,23H,14-16H2,1-5H3,(H,27,31)/t21-,23-/m0/s1. The van der Waals surface area contributed by atoms with Crippen LogP contribution in [0, 0.1) is 16.0 Å². The summed E-state index contributed by atoms with van der Waals surface area (Å²) >= 11 is 0. The molecule has 188 valence electrons. The van der Waals surface area contributed by atoms with Crippen molar-refractivity contribution in [3.05, 3.63) is 69.8 Å². The number of nitro groups is 1. The van der Waals surface area contributed by atoms with E-state index in [-0.39, 0.29) is 24.3 Å². The van der Waals surface area contributed by atoms with Gasteiger partial charge in [-0.25, -0.2) is 9.59 Å². The van der Waals surface area contributed by atoms with Crippen molar-refractivity contribution in [1.82, 2.24) is 5.32 Å². The Kier molecular flexibility index (Phi) is 7.99. The fourth-order valence-electron chi connectivity index (χ4n) is 4.03. The number of carbonyl (C=O) groups excluding carboxylic acids is 2. The molecule has 0 aliphatic carbocycles. The highest BCUT2D eigenvalue weighted by atomic mass is 16.6. The first kappa shape index (κ1) is 26.0. The number of nitrogens with zero attached hydrogens (tertiary/aromatic N) is 2. The number of esters is 1.